The molecule has 0 bridgehead atoms. The van der Waals surface area contributed by atoms with Gasteiger partial charge in [-0.25, -0.2) is 4.79 Å². The molecule has 0 aromatic carbocycles. The molecule has 0 saturated heterocycles. The minimum atomic E-state index is -0.389. The highest BCUT2D eigenvalue weighted by Gasteiger charge is 2.26. The van der Waals surface area contributed by atoms with Crippen LogP contribution in [-0.2, 0) is 9.53 Å². The van der Waals surface area contributed by atoms with Gasteiger partial charge in [0.2, 0.25) is 0 Å². The summed E-state index contributed by atoms with van der Waals surface area (Å²) in [6.45, 7) is 11.6. The number of ether oxygens (including phenoxy) is 1. The van der Waals surface area contributed by atoms with Gasteiger partial charge in [0.1, 0.15) is 5.60 Å². The summed E-state index contributed by atoms with van der Waals surface area (Å²) < 4.78 is 4.80. The Labute approximate surface area is 68.9 Å². The summed E-state index contributed by atoms with van der Waals surface area (Å²) in [6, 6.07) is 0. The van der Waals surface area contributed by atoms with Gasteiger partial charge in [-0.2, -0.15) is 0 Å². The number of hydrogen-bond donors (Lipinski definition) is 0. The van der Waals surface area contributed by atoms with E-state index in [1.165, 1.54) is 6.47 Å². The van der Waals surface area contributed by atoms with Crippen LogP contribution in [-0.4, -0.2) is 12.1 Å². The van der Waals surface area contributed by atoms with Crippen molar-refractivity contribution >= 4 is 6.47 Å². The monoisotopic (exact) mass is 157 g/mol. The zero-order chi connectivity index (χ0) is 9.12. The molecule has 0 spiro atoms. The van der Waals surface area contributed by atoms with Crippen LogP contribution in [0.5, 0.6) is 0 Å². The molecule has 2 nitrogen and oxygen atoms in total. The maximum absolute atomic E-state index is 9.96. The second-order valence-electron chi connectivity index (χ2n) is 4.68. The molecule has 1 radical (unpaired) electrons. The van der Waals surface area contributed by atoms with Crippen molar-refractivity contribution in [2.45, 2.75) is 46.6 Å². The van der Waals surface area contributed by atoms with Gasteiger partial charge in [0.15, 0.2) is 0 Å². The van der Waals surface area contributed by atoms with Crippen molar-refractivity contribution < 1.29 is 9.53 Å². The Morgan fingerprint density at radius 3 is 1.91 bits per heavy atom. The third kappa shape index (κ3) is 5.89. The molecular formula is C9H17O2. The smallest absolute Gasteiger partial charge is 0.418 e. The molecular weight excluding hydrogens is 140 g/mol. The molecule has 11 heavy (non-hydrogen) atoms. The van der Waals surface area contributed by atoms with E-state index in [-0.39, 0.29) is 11.0 Å². The van der Waals surface area contributed by atoms with Crippen molar-refractivity contribution in [3.8, 4) is 0 Å². The fraction of sp³-hybridized carbons (Fsp3) is 0.889. The van der Waals surface area contributed by atoms with Crippen molar-refractivity contribution in [1.82, 2.24) is 0 Å². The van der Waals surface area contributed by atoms with Crippen LogP contribution in [0.3, 0.4) is 0 Å². The highest BCUT2D eigenvalue weighted by molar-refractivity contribution is 5.39. The fourth-order valence-corrected chi connectivity index (χ4v) is 1.43. The Hall–Kier alpha value is -0.530. The lowest BCUT2D eigenvalue weighted by atomic mass is 9.84. The van der Waals surface area contributed by atoms with Crippen LogP contribution < -0.4 is 0 Å². The highest BCUT2D eigenvalue weighted by Crippen LogP contribution is 2.28. The topological polar surface area (TPSA) is 26.3 Å². The van der Waals surface area contributed by atoms with E-state index in [4.69, 9.17) is 4.74 Å². The molecule has 0 aliphatic carbocycles. The number of carbonyl (C=O) groups excluding carboxylic acids is 1. The van der Waals surface area contributed by atoms with Gasteiger partial charge in [-0.15, -0.1) is 0 Å². The first-order chi connectivity index (χ1) is 4.77. The fourth-order valence-electron chi connectivity index (χ4n) is 1.43. The van der Waals surface area contributed by atoms with Crippen molar-refractivity contribution in [3.63, 3.8) is 0 Å². The summed E-state index contributed by atoms with van der Waals surface area (Å²) >= 11 is 0. The molecule has 0 amide bonds. The van der Waals surface area contributed by atoms with Crippen LogP contribution in [0.1, 0.15) is 41.0 Å². The van der Waals surface area contributed by atoms with E-state index < -0.39 is 0 Å². The van der Waals surface area contributed by atoms with Crippen LogP contribution in [0.2, 0.25) is 0 Å². The molecule has 0 aromatic rings. The Bertz CT molecular complexity index is 131. The van der Waals surface area contributed by atoms with Crippen LogP contribution in [0.25, 0.3) is 0 Å². The van der Waals surface area contributed by atoms with Crippen LogP contribution in [0.15, 0.2) is 0 Å². The van der Waals surface area contributed by atoms with Gasteiger partial charge in [0.05, 0.1) is 0 Å². The first-order valence-corrected chi connectivity index (χ1v) is 3.82. The van der Waals surface area contributed by atoms with E-state index in [1.54, 1.807) is 0 Å². The molecule has 0 aromatic heterocycles. The van der Waals surface area contributed by atoms with Gasteiger partial charge in [-0.3, -0.25) is 0 Å². The lowest BCUT2D eigenvalue weighted by molar-refractivity contribution is 0.0467. The van der Waals surface area contributed by atoms with Crippen molar-refractivity contribution in [2.24, 2.45) is 5.41 Å². The summed E-state index contributed by atoms with van der Waals surface area (Å²) in [5.41, 5.74) is -0.208. The molecule has 0 heterocycles. The Morgan fingerprint density at radius 1 is 1.18 bits per heavy atom. The maximum Gasteiger partial charge on any atom is 0.418 e. The summed E-state index contributed by atoms with van der Waals surface area (Å²) in [5.74, 6) is 0. The van der Waals surface area contributed by atoms with E-state index in [1.807, 2.05) is 13.8 Å². The average Bonchev–Trinajstić information content (AvgIpc) is 1.55. The molecule has 0 saturated carbocycles. The van der Waals surface area contributed by atoms with Crippen molar-refractivity contribution in [1.29, 1.82) is 0 Å². The summed E-state index contributed by atoms with van der Waals surface area (Å²) in [4.78, 5) is 9.96. The normalized spacial score (nSPS) is 12.8. The van der Waals surface area contributed by atoms with E-state index in [0.717, 1.165) is 6.42 Å². The minimum absolute atomic E-state index is 0.181. The summed E-state index contributed by atoms with van der Waals surface area (Å²) in [6.07, 6.45) is 0.842. The molecule has 0 aliphatic rings. The Balaban J connectivity index is 4.00. The van der Waals surface area contributed by atoms with Gasteiger partial charge < -0.3 is 4.74 Å². The second-order valence-corrected chi connectivity index (χ2v) is 4.68. The van der Waals surface area contributed by atoms with Gasteiger partial charge >= 0.3 is 6.47 Å². The van der Waals surface area contributed by atoms with Gasteiger partial charge in [0.25, 0.3) is 0 Å². The summed E-state index contributed by atoms with van der Waals surface area (Å²) in [5, 5.41) is 0. The second kappa shape index (κ2) is 3.24. The zero-order valence-corrected chi connectivity index (χ0v) is 8.02. The van der Waals surface area contributed by atoms with E-state index in [0.29, 0.717) is 0 Å². The van der Waals surface area contributed by atoms with E-state index in [2.05, 4.69) is 20.8 Å². The molecule has 0 N–H and O–H groups in total. The summed E-state index contributed by atoms with van der Waals surface area (Å²) in [7, 11) is 0. The molecule has 65 valence electrons. The van der Waals surface area contributed by atoms with Crippen LogP contribution in [0, 0.1) is 5.41 Å². The first-order valence-electron chi connectivity index (χ1n) is 3.82. The predicted molar refractivity (Wildman–Crippen MR) is 44.9 cm³/mol. The lowest BCUT2D eigenvalue weighted by Crippen LogP contribution is -2.29. The predicted octanol–water partition coefficient (Wildman–Crippen LogP) is 2.29. The Kier molecular flexibility index (Phi) is 3.09. The van der Waals surface area contributed by atoms with E-state index >= 15 is 0 Å². The van der Waals surface area contributed by atoms with Crippen LogP contribution in [0.4, 0.5) is 0 Å². The first kappa shape index (κ1) is 10.5. The molecule has 0 atom stereocenters. The third-order valence-electron chi connectivity index (χ3n) is 1.27. The standard InChI is InChI=1S/C9H17O2/c1-8(2,3)6-9(4,5)11-7-10/h6H2,1-5H3. The Morgan fingerprint density at radius 2 is 1.64 bits per heavy atom. The quantitative estimate of drug-likeness (QED) is 0.628. The molecule has 0 fully saturated rings. The van der Waals surface area contributed by atoms with Crippen molar-refractivity contribution in [3.05, 3.63) is 0 Å². The third-order valence-corrected chi connectivity index (χ3v) is 1.27. The van der Waals surface area contributed by atoms with E-state index in [9.17, 15) is 4.79 Å². The molecule has 0 unspecified atom stereocenters. The SMILES string of the molecule is CC(C)(C)CC(C)(C)O[C]=O. The van der Waals surface area contributed by atoms with Crippen LogP contribution >= 0.6 is 0 Å². The minimum Gasteiger partial charge on any atom is -0.451 e. The maximum atomic E-state index is 9.96. The van der Waals surface area contributed by atoms with Gasteiger partial charge in [-0.05, 0) is 25.7 Å². The van der Waals surface area contributed by atoms with Crippen molar-refractivity contribution in [2.75, 3.05) is 0 Å². The molecule has 0 rings (SSSR count). The number of hydrogen-bond acceptors (Lipinski definition) is 2. The zero-order valence-electron chi connectivity index (χ0n) is 8.02. The lowest BCUT2D eigenvalue weighted by Gasteiger charge is -2.30. The molecule has 0 aliphatic heterocycles. The molecule has 2 heteroatoms. The number of rotatable bonds is 3. The highest BCUT2D eigenvalue weighted by atomic mass is 16.5. The largest absolute Gasteiger partial charge is 0.451 e. The average molecular weight is 157 g/mol. The van der Waals surface area contributed by atoms with Gasteiger partial charge in [0, 0.05) is 0 Å². The van der Waals surface area contributed by atoms with Gasteiger partial charge in [-0.1, -0.05) is 20.8 Å².